The molecule has 1 heterocycles. The predicted octanol–water partition coefficient (Wildman–Crippen LogP) is 2.97. The van der Waals surface area contributed by atoms with Gasteiger partial charge in [0.2, 0.25) is 0 Å². The Labute approximate surface area is 117 Å². The van der Waals surface area contributed by atoms with E-state index < -0.39 is 5.92 Å². The Hall–Kier alpha value is -2.67. The van der Waals surface area contributed by atoms with Gasteiger partial charge in [0, 0.05) is 18.2 Å². The number of Topliss-reactive ketones (excluding diaryl/α,β-unsaturated/α-hetero) is 1. The SMILES string of the molecule is COc1ccccc1C(C#N)CC(=O)c1ccccn1. The quantitative estimate of drug-likeness (QED) is 0.780. The summed E-state index contributed by atoms with van der Waals surface area (Å²) in [5.41, 5.74) is 1.10. The number of ketones is 1. The average Bonchev–Trinajstić information content (AvgIpc) is 2.53. The van der Waals surface area contributed by atoms with Gasteiger partial charge in [-0.25, -0.2) is 0 Å². The molecule has 0 aliphatic heterocycles. The molecule has 0 saturated carbocycles. The summed E-state index contributed by atoms with van der Waals surface area (Å²) in [5, 5.41) is 9.32. The summed E-state index contributed by atoms with van der Waals surface area (Å²) in [4.78, 5) is 16.1. The lowest BCUT2D eigenvalue weighted by Gasteiger charge is -2.12. The van der Waals surface area contributed by atoms with E-state index in [0.29, 0.717) is 11.4 Å². The Bertz CT molecular complexity index is 632. The fraction of sp³-hybridized carbons (Fsp3) is 0.188. The lowest BCUT2D eigenvalue weighted by Crippen LogP contribution is -2.08. The molecule has 2 aromatic rings. The van der Waals surface area contributed by atoms with Gasteiger partial charge in [-0.2, -0.15) is 5.26 Å². The summed E-state index contributed by atoms with van der Waals surface area (Å²) in [5.74, 6) is -0.0726. The Morgan fingerprint density at radius 1 is 1.30 bits per heavy atom. The standard InChI is InChI=1S/C16H14N2O2/c1-20-16-8-3-2-6-13(16)12(11-17)10-15(19)14-7-4-5-9-18-14/h2-9,12H,10H2,1H3. The lowest BCUT2D eigenvalue weighted by molar-refractivity contribution is 0.0974. The van der Waals surface area contributed by atoms with Crippen molar-refractivity contribution in [2.75, 3.05) is 7.11 Å². The number of aromatic nitrogens is 1. The van der Waals surface area contributed by atoms with Crippen LogP contribution in [0.15, 0.2) is 48.7 Å². The number of hydrogen-bond acceptors (Lipinski definition) is 4. The van der Waals surface area contributed by atoms with Crippen LogP contribution in [0.4, 0.5) is 0 Å². The molecule has 0 radical (unpaired) electrons. The first-order chi connectivity index (χ1) is 9.76. The molecular weight excluding hydrogens is 252 g/mol. The fourth-order valence-electron chi connectivity index (χ4n) is 2.00. The smallest absolute Gasteiger partial charge is 0.182 e. The van der Waals surface area contributed by atoms with Crippen molar-refractivity contribution in [1.82, 2.24) is 4.98 Å². The van der Waals surface area contributed by atoms with Crippen molar-refractivity contribution in [3.63, 3.8) is 0 Å². The van der Waals surface area contributed by atoms with Crippen molar-refractivity contribution in [2.24, 2.45) is 0 Å². The number of carbonyl (C=O) groups excluding carboxylic acids is 1. The van der Waals surface area contributed by atoms with E-state index >= 15 is 0 Å². The minimum atomic E-state index is -0.541. The predicted molar refractivity (Wildman–Crippen MR) is 74.5 cm³/mol. The molecule has 1 unspecified atom stereocenters. The number of hydrogen-bond donors (Lipinski definition) is 0. The third-order valence-corrected chi connectivity index (χ3v) is 3.01. The molecular formula is C16H14N2O2. The second-order valence-corrected chi connectivity index (χ2v) is 4.27. The topological polar surface area (TPSA) is 63.0 Å². The number of carbonyl (C=O) groups is 1. The summed E-state index contributed by atoms with van der Waals surface area (Å²) < 4.78 is 5.24. The van der Waals surface area contributed by atoms with Crippen LogP contribution in [0.1, 0.15) is 28.4 Å². The van der Waals surface area contributed by atoms with Gasteiger partial charge in [-0.3, -0.25) is 9.78 Å². The minimum Gasteiger partial charge on any atom is -0.496 e. The largest absolute Gasteiger partial charge is 0.496 e. The van der Waals surface area contributed by atoms with Gasteiger partial charge in [-0.1, -0.05) is 24.3 Å². The van der Waals surface area contributed by atoms with Gasteiger partial charge in [0.25, 0.3) is 0 Å². The van der Waals surface area contributed by atoms with Crippen LogP contribution >= 0.6 is 0 Å². The molecule has 2 rings (SSSR count). The zero-order valence-corrected chi connectivity index (χ0v) is 11.1. The van der Waals surface area contributed by atoms with Crippen molar-refractivity contribution in [3.8, 4) is 11.8 Å². The van der Waals surface area contributed by atoms with Gasteiger partial charge >= 0.3 is 0 Å². The van der Waals surface area contributed by atoms with Crippen molar-refractivity contribution < 1.29 is 9.53 Å². The molecule has 0 bridgehead atoms. The number of nitrogens with zero attached hydrogens (tertiary/aromatic N) is 2. The third-order valence-electron chi connectivity index (χ3n) is 3.01. The molecule has 1 atom stereocenters. The van der Waals surface area contributed by atoms with E-state index in [0.717, 1.165) is 5.56 Å². The highest BCUT2D eigenvalue weighted by Crippen LogP contribution is 2.29. The Balaban J connectivity index is 2.22. The fourth-order valence-corrected chi connectivity index (χ4v) is 2.00. The molecule has 0 spiro atoms. The summed E-state index contributed by atoms with van der Waals surface area (Å²) in [6.07, 6.45) is 1.66. The summed E-state index contributed by atoms with van der Waals surface area (Å²) in [7, 11) is 1.55. The number of benzene rings is 1. The van der Waals surface area contributed by atoms with E-state index in [1.165, 1.54) is 0 Å². The van der Waals surface area contributed by atoms with E-state index in [2.05, 4.69) is 11.1 Å². The molecule has 100 valence electrons. The lowest BCUT2D eigenvalue weighted by atomic mass is 9.93. The number of rotatable bonds is 5. The molecule has 0 saturated heterocycles. The van der Waals surface area contributed by atoms with Crippen LogP contribution in [0, 0.1) is 11.3 Å². The maximum Gasteiger partial charge on any atom is 0.182 e. The highest BCUT2D eigenvalue weighted by molar-refractivity contribution is 5.95. The Morgan fingerprint density at radius 3 is 2.70 bits per heavy atom. The molecule has 1 aromatic carbocycles. The number of nitriles is 1. The first-order valence-electron chi connectivity index (χ1n) is 6.23. The molecule has 0 aliphatic carbocycles. The van der Waals surface area contributed by atoms with Crippen LogP contribution in [0.25, 0.3) is 0 Å². The van der Waals surface area contributed by atoms with E-state index in [1.54, 1.807) is 43.6 Å². The zero-order valence-electron chi connectivity index (χ0n) is 11.1. The third kappa shape index (κ3) is 3.01. The minimum absolute atomic E-state index is 0.0912. The summed E-state index contributed by atoms with van der Waals surface area (Å²) >= 11 is 0. The molecule has 0 amide bonds. The molecule has 0 N–H and O–H groups in total. The van der Waals surface area contributed by atoms with Gasteiger partial charge in [0.05, 0.1) is 19.1 Å². The maximum atomic E-state index is 12.1. The Morgan fingerprint density at radius 2 is 2.05 bits per heavy atom. The van der Waals surface area contributed by atoms with Gasteiger partial charge in [0.1, 0.15) is 11.4 Å². The molecule has 0 fully saturated rings. The molecule has 20 heavy (non-hydrogen) atoms. The van der Waals surface area contributed by atoms with Gasteiger partial charge in [-0.15, -0.1) is 0 Å². The van der Waals surface area contributed by atoms with E-state index in [9.17, 15) is 10.1 Å². The zero-order chi connectivity index (χ0) is 14.4. The van der Waals surface area contributed by atoms with Gasteiger partial charge in [-0.05, 0) is 18.2 Å². The average molecular weight is 266 g/mol. The van der Waals surface area contributed by atoms with Crippen molar-refractivity contribution >= 4 is 5.78 Å². The van der Waals surface area contributed by atoms with Crippen LogP contribution in [-0.2, 0) is 0 Å². The van der Waals surface area contributed by atoms with Crippen LogP contribution in [0.5, 0.6) is 5.75 Å². The van der Waals surface area contributed by atoms with E-state index in [4.69, 9.17) is 4.74 Å². The van der Waals surface area contributed by atoms with Gasteiger partial charge in [0.15, 0.2) is 5.78 Å². The van der Waals surface area contributed by atoms with E-state index in [1.807, 2.05) is 12.1 Å². The summed E-state index contributed by atoms with van der Waals surface area (Å²) in [6.45, 7) is 0. The highest BCUT2D eigenvalue weighted by Gasteiger charge is 2.20. The molecule has 4 nitrogen and oxygen atoms in total. The van der Waals surface area contributed by atoms with Crippen molar-refractivity contribution in [1.29, 1.82) is 5.26 Å². The molecule has 1 aromatic heterocycles. The second-order valence-electron chi connectivity index (χ2n) is 4.27. The van der Waals surface area contributed by atoms with E-state index in [-0.39, 0.29) is 12.2 Å². The van der Waals surface area contributed by atoms with Crippen LogP contribution in [0.2, 0.25) is 0 Å². The first-order valence-corrected chi connectivity index (χ1v) is 6.23. The number of para-hydroxylation sites is 1. The van der Waals surface area contributed by atoms with Crippen molar-refractivity contribution in [3.05, 3.63) is 59.9 Å². The number of methoxy groups -OCH3 is 1. The highest BCUT2D eigenvalue weighted by atomic mass is 16.5. The molecule has 0 aliphatic rings. The summed E-state index contributed by atoms with van der Waals surface area (Å²) in [6, 6.07) is 14.6. The Kier molecular flexibility index (Phi) is 4.46. The monoisotopic (exact) mass is 266 g/mol. The van der Waals surface area contributed by atoms with Crippen LogP contribution in [0.3, 0.4) is 0 Å². The number of pyridine rings is 1. The number of ether oxygens (including phenoxy) is 1. The van der Waals surface area contributed by atoms with Crippen LogP contribution in [-0.4, -0.2) is 17.9 Å². The molecule has 4 heteroatoms. The second kappa shape index (κ2) is 6.48. The maximum absolute atomic E-state index is 12.1. The normalized spacial score (nSPS) is 11.4. The van der Waals surface area contributed by atoms with Gasteiger partial charge < -0.3 is 4.74 Å². The van der Waals surface area contributed by atoms with Crippen molar-refractivity contribution in [2.45, 2.75) is 12.3 Å². The van der Waals surface area contributed by atoms with Crippen LogP contribution < -0.4 is 4.74 Å². The first kappa shape index (κ1) is 13.8.